The predicted molar refractivity (Wildman–Crippen MR) is 136 cm³/mol. The number of imidazole rings is 1. The minimum atomic E-state index is -0.273. The maximum absolute atomic E-state index is 13.9. The quantitative estimate of drug-likeness (QED) is 0.629. The van der Waals surface area contributed by atoms with Gasteiger partial charge >= 0.3 is 0 Å². The highest BCUT2D eigenvalue weighted by Gasteiger charge is 2.42. The number of carbonyl (C=O) groups excluding carboxylic acids is 2. The summed E-state index contributed by atoms with van der Waals surface area (Å²) in [4.78, 5) is 33.5. The van der Waals surface area contributed by atoms with Crippen LogP contribution in [0.4, 0.5) is 4.39 Å². The molecule has 0 spiro atoms. The van der Waals surface area contributed by atoms with Gasteiger partial charge in [0.05, 0.1) is 18.3 Å². The third-order valence-electron chi connectivity index (χ3n) is 8.41. The van der Waals surface area contributed by atoms with E-state index in [0.29, 0.717) is 31.1 Å². The number of rotatable bonds is 7. The molecule has 5 rings (SSSR count). The molecule has 3 aliphatic heterocycles. The Hall–Kier alpha value is -2.74. The second-order valence-electron chi connectivity index (χ2n) is 10.7. The first kappa shape index (κ1) is 24.9. The van der Waals surface area contributed by atoms with E-state index in [1.54, 1.807) is 6.07 Å². The van der Waals surface area contributed by atoms with Crippen LogP contribution in [0.25, 0.3) is 0 Å². The van der Waals surface area contributed by atoms with Gasteiger partial charge in [0.25, 0.3) is 0 Å². The van der Waals surface area contributed by atoms with E-state index < -0.39 is 0 Å². The number of hydrogen-bond acceptors (Lipinski definition) is 4. The predicted octanol–water partition coefficient (Wildman–Crippen LogP) is 4.06. The molecular weight excluding hydrogens is 457 g/mol. The summed E-state index contributed by atoms with van der Waals surface area (Å²) in [5.74, 6) is 0.908. The van der Waals surface area contributed by atoms with Crippen LogP contribution in [0.2, 0.25) is 0 Å². The first-order chi connectivity index (χ1) is 17.3. The third-order valence-corrected chi connectivity index (χ3v) is 8.41. The van der Waals surface area contributed by atoms with Crippen LogP contribution in [-0.2, 0) is 22.6 Å². The van der Waals surface area contributed by atoms with E-state index >= 15 is 0 Å². The fourth-order valence-electron chi connectivity index (χ4n) is 6.85. The maximum Gasteiger partial charge on any atom is 0.222 e. The number of piperidine rings is 1. The standard InChI is InChI=1S/C28H38FN5O2/c1-4-28(36)32-12-11-27-26(17-32)30-18(2)34(27)24-15-22-8-9-23(16-24)33(22)13-10-25(31-19(3)35)20-6-5-7-21(29)14-20/h5-7,14,22-25H,4,8-13,15-17H2,1-3H3,(H,31,35)/t22?,23?,24?,25-/m0/s1. The lowest BCUT2D eigenvalue weighted by atomic mass is 9.94. The van der Waals surface area contributed by atoms with Crippen molar-refractivity contribution in [3.05, 3.63) is 52.9 Å². The Bertz CT molecular complexity index is 1120. The molecule has 1 aromatic carbocycles. The molecule has 2 unspecified atom stereocenters. The Balaban J connectivity index is 1.27. The van der Waals surface area contributed by atoms with Gasteiger partial charge in [-0.3, -0.25) is 14.5 Å². The highest BCUT2D eigenvalue weighted by molar-refractivity contribution is 5.76. The number of fused-ring (bicyclic) bond motifs is 3. The van der Waals surface area contributed by atoms with Crippen LogP contribution in [0.3, 0.4) is 0 Å². The Morgan fingerprint density at radius 2 is 1.94 bits per heavy atom. The molecule has 0 radical (unpaired) electrons. The number of halogens is 1. The number of aryl methyl sites for hydroxylation is 1. The maximum atomic E-state index is 13.9. The molecule has 4 heterocycles. The zero-order valence-corrected chi connectivity index (χ0v) is 21.7. The first-order valence-corrected chi connectivity index (χ1v) is 13.5. The average Bonchev–Trinajstić information content (AvgIpc) is 3.30. The largest absolute Gasteiger partial charge is 0.349 e. The Morgan fingerprint density at radius 1 is 1.19 bits per heavy atom. The Labute approximate surface area is 213 Å². The van der Waals surface area contributed by atoms with E-state index in [-0.39, 0.29) is 23.7 Å². The highest BCUT2D eigenvalue weighted by atomic mass is 19.1. The minimum Gasteiger partial charge on any atom is -0.349 e. The van der Waals surface area contributed by atoms with Gasteiger partial charge < -0.3 is 14.8 Å². The zero-order valence-electron chi connectivity index (χ0n) is 21.7. The second kappa shape index (κ2) is 10.3. The Morgan fingerprint density at radius 3 is 2.61 bits per heavy atom. The molecule has 2 aromatic rings. The lowest BCUT2D eigenvalue weighted by molar-refractivity contribution is -0.131. The molecule has 7 nitrogen and oxygen atoms in total. The summed E-state index contributed by atoms with van der Waals surface area (Å²) in [5.41, 5.74) is 3.22. The van der Waals surface area contributed by atoms with Crippen LogP contribution in [0.5, 0.6) is 0 Å². The van der Waals surface area contributed by atoms with Crippen LogP contribution < -0.4 is 5.32 Å². The molecule has 0 saturated carbocycles. The van der Waals surface area contributed by atoms with Gasteiger partial charge in [-0.1, -0.05) is 19.1 Å². The summed E-state index contributed by atoms with van der Waals surface area (Å²) < 4.78 is 16.3. The van der Waals surface area contributed by atoms with Crippen LogP contribution in [0.1, 0.15) is 87.2 Å². The van der Waals surface area contributed by atoms with Crippen molar-refractivity contribution in [1.29, 1.82) is 0 Å². The van der Waals surface area contributed by atoms with Gasteiger partial charge in [0.1, 0.15) is 11.6 Å². The lowest BCUT2D eigenvalue weighted by Crippen LogP contribution is -2.45. The molecule has 1 N–H and O–H groups in total. The van der Waals surface area contributed by atoms with Gasteiger partial charge in [0.2, 0.25) is 11.8 Å². The van der Waals surface area contributed by atoms with Gasteiger partial charge in [0, 0.05) is 56.7 Å². The van der Waals surface area contributed by atoms with Crippen molar-refractivity contribution in [2.75, 3.05) is 13.1 Å². The average molecular weight is 496 g/mol. The highest BCUT2D eigenvalue weighted by Crippen LogP contribution is 2.43. The SMILES string of the molecule is CCC(=O)N1CCc2c(nc(C)n2C2CC3CCC(C2)N3CC[C@H](NC(C)=O)c2cccc(F)c2)C1. The number of hydrogen-bond donors (Lipinski definition) is 1. The van der Waals surface area contributed by atoms with Crippen molar-refractivity contribution >= 4 is 11.8 Å². The van der Waals surface area contributed by atoms with E-state index in [0.717, 1.165) is 55.9 Å². The molecule has 2 amide bonds. The van der Waals surface area contributed by atoms with Crippen LogP contribution in [0, 0.1) is 12.7 Å². The molecule has 2 saturated heterocycles. The summed E-state index contributed by atoms with van der Waals surface area (Å²) in [6, 6.07) is 7.85. The van der Waals surface area contributed by atoms with Crippen molar-refractivity contribution in [3.8, 4) is 0 Å². The van der Waals surface area contributed by atoms with Gasteiger partial charge in [-0.25, -0.2) is 9.37 Å². The van der Waals surface area contributed by atoms with Gasteiger partial charge in [-0.2, -0.15) is 0 Å². The van der Waals surface area contributed by atoms with Crippen molar-refractivity contribution in [2.24, 2.45) is 0 Å². The van der Waals surface area contributed by atoms with E-state index in [4.69, 9.17) is 4.98 Å². The number of nitrogens with zero attached hydrogens (tertiary/aromatic N) is 4. The van der Waals surface area contributed by atoms with Crippen molar-refractivity contribution in [1.82, 2.24) is 24.7 Å². The van der Waals surface area contributed by atoms with Crippen LogP contribution >= 0.6 is 0 Å². The number of carbonyl (C=O) groups is 2. The van der Waals surface area contributed by atoms with Crippen molar-refractivity contribution in [2.45, 2.75) is 96.4 Å². The summed E-state index contributed by atoms with van der Waals surface area (Å²) in [7, 11) is 0. The molecule has 0 aliphatic carbocycles. The molecule has 2 fully saturated rings. The number of benzene rings is 1. The monoisotopic (exact) mass is 495 g/mol. The summed E-state index contributed by atoms with van der Waals surface area (Å²) in [5, 5.41) is 3.03. The van der Waals surface area contributed by atoms with Gasteiger partial charge in [0.15, 0.2) is 0 Å². The number of amides is 2. The molecule has 3 aliphatic rings. The zero-order chi connectivity index (χ0) is 25.4. The van der Waals surface area contributed by atoms with Crippen molar-refractivity contribution < 1.29 is 14.0 Å². The molecule has 1 aromatic heterocycles. The van der Waals surface area contributed by atoms with Crippen molar-refractivity contribution in [3.63, 3.8) is 0 Å². The number of aromatic nitrogens is 2. The van der Waals surface area contributed by atoms with E-state index in [1.165, 1.54) is 37.6 Å². The summed E-state index contributed by atoms with van der Waals surface area (Å²) >= 11 is 0. The lowest BCUT2D eigenvalue weighted by Gasteiger charge is -2.41. The fraction of sp³-hybridized carbons (Fsp3) is 0.607. The first-order valence-electron chi connectivity index (χ1n) is 13.5. The van der Waals surface area contributed by atoms with E-state index in [2.05, 4.69) is 21.7 Å². The summed E-state index contributed by atoms with van der Waals surface area (Å²) in [6.45, 7) is 7.84. The molecular formula is C28H38FN5O2. The molecule has 3 atom stereocenters. The van der Waals surface area contributed by atoms with Gasteiger partial charge in [-0.05, 0) is 56.7 Å². The Kier molecular flexibility index (Phi) is 7.15. The normalized spacial score (nSPS) is 24.4. The third kappa shape index (κ3) is 4.92. The van der Waals surface area contributed by atoms with Gasteiger partial charge in [-0.15, -0.1) is 0 Å². The minimum absolute atomic E-state index is 0.0921. The molecule has 194 valence electrons. The second-order valence-corrected chi connectivity index (χ2v) is 10.7. The molecule has 8 heteroatoms. The smallest absolute Gasteiger partial charge is 0.222 e. The summed E-state index contributed by atoms with van der Waals surface area (Å²) in [6.07, 6.45) is 6.77. The van der Waals surface area contributed by atoms with Crippen LogP contribution in [-0.4, -0.2) is 56.3 Å². The van der Waals surface area contributed by atoms with E-state index in [1.807, 2.05) is 17.9 Å². The van der Waals surface area contributed by atoms with E-state index in [9.17, 15) is 14.0 Å². The number of nitrogens with one attached hydrogen (secondary N) is 1. The topological polar surface area (TPSA) is 70.5 Å². The molecule has 2 bridgehead atoms. The van der Waals surface area contributed by atoms with Crippen LogP contribution in [0.15, 0.2) is 24.3 Å². The fourth-order valence-corrected chi connectivity index (χ4v) is 6.85. The molecule has 36 heavy (non-hydrogen) atoms.